The van der Waals surface area contributed by atoms with Crippen molar-refractivity contribution in [3.63, 3.8) is 0 Å². The molecule has 0 radical (unpaired) electrons. The molecule has 0 aliphatic rings. The molecule has 1 heterocycles. The quantitative estimate of drug-likeness (QED) is 0.527. The van der Waals surface area contributed by atoms with Gasteiger partial charge in [0.15, 0.2) is 0 Å². The number of alkyl halides is 3. The van der Waals surface area contributed by atoms with Gasteiger partial charge in [0.25, 0.3) is 0 Å². The number of aromatic nitrogens is 2. The van der Waals surface area contributed by atoms with Crippen LogP contribution in [0, 0.1) is 0 Å². The van der Waals surface area contributed by atoms with Crippen molar-refractivity contribution in [2.75, 3.05) is 18.1 Å². The van der Waals surface area contributed by atoms with E-state index in [1.807, 2.05) is 6.07 Å². The average Bonchev–Trinajstić information content (AvgIpc) is 2.71. The van der Waals surface area contributed by atoms with Gasteiger partial charge in [-0.1, -0.05) is 48.0 Å². The number of anilines is 1. The fourth-order valence-corrected chi connectivity index (χ4v) is 3.43. The minimum Gasteiger partial charge on any atom is -0.387 e. The summed E-state index contributed by atoms with van der Waals surface area (Å²) in [6, 6.07) is 13.7. The molecule has 0 saturated carbocycles. The molecule has 10 heteroatoms. The van der Waals surface area contributed by atoms with Gasteiger partial charge < -0.3 is 10.4 Å². The van der Waals surface area contributed by atoms with Crippen molar-refractivity contribution < 1.29 is 22.5 Å². The fourth-order valence-electron chi connectivity index (χ4n) is 2.69. The summed E-state index contributed by atoms with van der Waals surface area (Å²) in [5, 5.41) is 12.8. The van der Waals surface area contributed by atoms with E-state index in [0.717, 1.165) is 12.1 Å². The van der Waals surface area contributed by atoms with E-state index in [-0.39, 0.29) is 23.2 Å². The lowest BCUT2D eigenvalue weighted by Gasteiger charge is -2.14. The second-order valence-corrected chi connectivity index (χ2v) is 8.06. The summed E-state index contributed by atoms with van der Waals surface area (Å²) in [5.41, 5.74) is 0.315. The highest BCUT2D eigenvalue weighted by atomic mass is 35.5. The van der Waals surface area contributed by atoms with E-state index in [0.29, 0.717) is 11.1 Å². The molecule has 0 fully saturated rings. The number of aliphatic hydroxyl groups excluding tert-OH is 1. The molecule has 2 aromatic carbocycles. The number of halogens is 4. The zero-order chi connectivity index (χ0) is 21.9. The first-order chi connectivity index (χ1) is 14.1. The van der Waals surface area contributed by atoms with Gasteiger partial charge in [0.1, 0.15) is 5.82 Å². The topological polar surface area (TPSA) is 75.1 Å². The van der Waals surface area contributed by atoms with Gasteiger partial charge >= 0.3 is 6.18 Å². The zero-order valence-corrected chi connectivity index (χ0v) is 17.2. The lowest BCUT2D eigenvalue weighted by molar-refractivity contribution is -0.137. The summed E-state index contributed by atoms with van der Waals surface area (Å²) in [5.74, 6) is 0.274. The third-order valence-electron chi connectivity index (χ3n) is 4.19. The summed E-state index contributed by atoms with van der Waals surface area (Å²) in [4.78, 5) is 8.32. The van der Waals surface area contributed by atoms with Crippen LogP contribution >= 0.6 is 11.6 Å². The molecule has 3 rings (SSSR count). The molecular formula is C20H17ClF3N3O2S. The molecule has 158 valence electrons. The highest BCUT2D eigenvalue weighted by molar-refractivity contribution is 7.84. The van der Waals surface area contributed by atoms with E-state index in [2.05, 4.69) is 15.3 Å². The number of hydrogen-bond acceptors (Lipinski definition) is 5. The molecule has 2 unspecified atom stereocenters. The Bertz CT molecular complexity index is 1060. The van der Waals surface area contributed by atoms with Crippen molar-refractivity contribution in [1.29, 1.82) is 0 Å². The second kappa shape index (κ2) is 9.11. The first-order valence-corrected chi connectivity index (χ1v) is 10.7. The standard InChI is InChI=1S/C20H17ClF3N3O2S/c1-30(29)19-26-16(13-7-8-14(15(21)9-13)20(22,23)24)10-18(27-19)25-11-17(28)12-5-3-2-4-6-12/h2-10,17,28H,11H2,1H3,(H,25,26,27). The Morgan fingerprint density at radius 3 is 2.43 bits per heavy atom. The predicted octanol–water partition coefficient (Wildman–Crippen LogP) is 4.70. The van der Waals surface area contributed by atoms with Crippen LogP contribution < -0.4 is 5.32 Å². The van der Waals surface area contributed by atoms with Crippen LogP contribution in [0.3, 0.4) is 0 Å². The van der Waals surface area contributed by atoms with Gasteiger partial charge in [-0.15, -0.1) is 0 Å². The molecule has 0 aliphatic heterocycles. The van der Waals surface area contributed by atoms with Crippen LogP contribution in [0.4, 0.5) is 19.0 Å². The van der Waals surface area contributed by atoms with Gasteiger partial charge in [-0.3, -0.25) is 4.21 Å². The van der Waals surface area contributed by atoms with Gasteiger partial charge in [-0.25, -0.2) is 9.97 Å². The van der Waals surface area contributed by atoms with Crippen molar-refractivity contribution >= 4 is 28.2 Å². The van der Waals surface area contributed by atoms with E-state index >= 15 is 0 Å². The summed E-state index contributed by atoms with van der Waals surface area (Å²) >= 11 is 5.80. The van der Waals surface area contributed by atoms with E-state index in [1.54, 1.807) is 24.3 Å². The number of hydrogen-bond donors (Lipinski definition) is 2. The van der Waals surface area contributed by atoms with Gasteiger partial charge in [0.05, 0.1) is 33.2 Å². The number of nitrogens with zero attached hydrogens (tertiary/aromatic N) is 2. The third-order valence-corrected chi connectivity index (χ3v) is 5.20. The van der Waals surface area contributed by atoms with Crippen LogP contribution in [0.5, 0.6) is 0 Å². The van der Waals surface area contributed by atoms with E-state index in [1.165, 1.54) is 18.4 Å². The third kappa shape index (κ3) is 5.35. The van der Waals surface area contributed by atoms with Crippen molar-refractivity contribution in [2.45, 2.75) is 17.4 Å². The van der Waals surface area contributed by atoms with Crippen LogP contribution in [0.15, 0.2) is 59.8 Å². The highest BCUT2D eigenvalue weighted by Crippen LogP contribution is 2.36. The maximum absolute atomic E-state index is 12.9. The first kappa shape index (κ1) is 22.2. The summed E-state index contributed by atoms with van der Waals surface area (Å²) in [6.45, 7) is 0.115. The largest absolute Gasteiger partial charge is 0.417 e. The predicted molar refractivity (Wildman–Crippen MR) is 110 cm³/mol. The van der Waals surface area contributed by atoms with Gasteiger partial charge in [-0.2, -0.15) is 13.2 Å². The zero-order valence-electron chi connectivity index (χ0n) is 15.7. The van der Waals surface area contributed by atoms with Crippen LogP contribution in [0.2, 0.25) is 5.02 Å². The van der Waals surface area contributed by atoms with E-state index < -0.39 is 33.7 Å². The molecule has 2 atom stereocenters. The van der Waals surface area contributed by atoms with Crippen LogP contribution in [0.1, 0.15) is 17.2 Å². The monoisotopic (exact) mass is 455 g/mol. The molecule has 30 heavy (non-hydrogen) atoms. The van der Waals surface area contributed by atoms with E-state index in [4.69, 9.17) is 11.6 Å². The Morgan fingerprint density at radius 1 is 1.13 bits per heavy atom. The Labute approximate surface area is 178 Å². The molecular weight excluding hydrogens is 439 g/mol. The minimum atomic E-state index is -4.57. The number of nitrogens with one attached hydrogen (secondary N) is 1. The van der Waals surface area contributed by atoms with E-state index in [9.17, 15) is 22.5 Å². The SMILES string of the molecule is CS(=O)c1nc(NCC(O)c2ccccc2)cc(-c2ccc(C(F)(F)F)c(Cl)c2)n1. The lowest BCUT2D eigenvalue weighted by atomic mass is 10.1. The smallest absolute Gasteiger partial charge is 0.387 e. The normalized spacial score (nSPS) is 13.7. The van der Waals surface area contributed by atoms with Gasteiger partial charge in [-0.05, 0) is 17.7 Å². The highest BCUT2D eigenvalue weighted by Gasteiger charge is 2.33. The van der Waals surface area contributed by atoms with Gasteiger partial charge in [0.2, 0.25) is 5.16 Å². The molecule has 5 nitrogen and oxygen atoms in total. The Balaban J connectivity index is 1.90. The minimum absolute atomic E-state index is 0.000205. The van der Waals surface area contributed by atoms with Crippen LogP contribution in [-0.2, 0) is 17.0 Å². The van der Waals surface area contributed by atoms with Crippen LogP contribution in [-0.4, -0.2) is 32.1 Å². The second-order valence-electron chi connectivity index (χ2n) is 6.37. The molecule has 0 spiro atoms. The molecule has 2 N–H and O–H groups in total. The van der Waals surface area contributed by atoms with Crippen molar-refractivity contribution in [3.05, 3.63) is 70.7 Å². The summed E-state index contributed by atoms with van der Waals surface area (Å²) < 4.78 is 50.8. The first-order valence-electron chi connectivity index (χ1n) is 8.71. The molecule has 0 saturated heterocycles. The lowest BCUT2D eigenvalue weighted by Crippen LogP contribution is -2.14. The van der Waals surface area contributed by atoms with Crippen molar-refractivity contribution in [2.24, 2.45) is 0 Å². The molecule has 0 aliphatic carbocycles. The van der Waals surface area contributed by atoms with Gasteiger partial charge in [0, 0.05) is 24.4 Å². The number of rotatable bonds is 6. The molecule has 0 bridgehead atoms. The van der Waals surface area contributed by atoms with Crippen molar-refractivity contribution in [3.8, 4) is 11.3 Å². The average molecular weight is 456 g/mol. The Morgan fingerprint density at radius 2 is 1.83 bits per heavy atom. The summed E-state index contributed by atoms with van der Waals surface area (Å²) in [7, 11) is -1.54. The van der Waals surface area contributed by atoms with Crippen LogP contribution in [0.25, 0.3) is 11.3 Å². The maximum atomic E-state index is 12.9. The molecule has 0 amide bonds. The Kier molecular flexibility index (Phi) is 6.74. The number of aliphatic hydroxyl groups is 1. The molecule has 3 aromatic rings. The summed E-state index contributed by atoms with van der Waals surface area (Å²) in [6.07, 6.45) is -4.00. The van der Waals surface area contributed by atoms with Crippen molar-refractivity contribution in [1.82, 2.24) is 9.97 Å². The fraction of sp³-hybridized carbons (Fsp3) is 0.200. The Hall–Kier alpha value is -2.49. The molecule has 1 aromatic heterocycles. The maximum Gasteiger partial charge on any atom is 0.417 e. The number of benzene rings is 2.